The van der Waals surface area contributed by atoms with Gasteiger partial charge in [0.05, 0.1) is 12.9 Å². The number of nitrogens with one attached hydrogen (secondary N) is 1. The number of rotatable bonds is 9. The van der Waals surface area contributed by atoms with Crippen molar-refractivity contribution in [1.82, 2.24) is 5.32 Å². The van der Waals surface area contributed by atoms with E-state index < -0.39 is 0 Å². The summed E-state index contributed by atoms with van der Waals surface area (Å²) in [6.45, 7) is 5.28. The molecule has 1 unspecified atom stereocenters. The first kappa shape index (κ1) is 14.8. The molecule has 0 aliphatic heterocycles. The van der Waals surface area contributed by atoms with E-state index >= 15 is 0 Å². The van der Waals surface area contributed by atoms with Crippen molar-refractivity contribution in [3.63, 3.8) is 0 Å². The standard InChI is InChI=1S/C14H23NO3/c1-3-17-14(16)7-4-10-15-12(2)8-9-13-6-5-11-18-13/h5-6,11-12,15H,3-4,7-10H2,1-2H3. The fraction of sp³-hybridized carbons (Fsp3) is 0.643. The smallest absolute Gasteiger partial charge is 0.305 e. The fourth-order valence-electron chi connectivity index (χ4n) is 1.73. The molecule has 0 radical (unpaired) electrons. The maximum Gasteiger partial charge on any atom is 0.305 e. The molecule has 1 atom stereocenters. The predicted molar refractivity (Wildman–Crippen MR) is 70.4 cm³/mol. The van der Waals surface area contributed by atoms with Crippen LogP contribution in [-0.4, -0.2) is 25.2 Å². The van der Waals surface area contributed by atoms with Gasteiger partial charge in [0, 0.05) is 18.9 Å². The molecule has 4 heteroatoms. The van der Waals surface area contributed by atoms with Crippen LogP contribution in [-0.2, 0) is 16.0 Å². The van der Waals surface area contributed by atoms with Crippen LogP contribution < -0.4 is 5.32 Å². The molecule has 0 aliphatic rings. The van der Waals surface area contributed by atoms with Gasteiger partial charge in [-0.25, -0.2) is 0 Å². The number of esters is 1. The van der Waals surface area contributed by atoms with E-state index in [2.05, 4.69) is 12.2 Å². The third kappa shape index (κ3) is 6.45. The Morgan fingerprint density at radius 1 is 1.56 bits per heavy atom. The molecule has 1 aromatic heterocycles. The lowest BCUT2D eigenvalue weighted by molar-refractivity contribution is -0.143. The minimum Gasteiger partial charge on any atom is -0.469 e. The molecule has 4 nitrogen and oxygen atoms in total. The van der Waals surface area contributed by atoms with Crippen molar-refractivity contribution in [2.75, 3.05) is 13.2 Å². The number of aryl methyl sites for hydroxylation is 1. The molecule has 0 fully saturated rings. The van der Waals surface area contributed by atoms with Gasteiger partial charge in [-0.15, -0.1) is 0 Å². The minimum atomic E-state index is -0.109. The Balaban J connectivity index is 2.00. The Hall–Kier alpha value is -1.29. The molecule has 102 valence electrons. The zero-order valence-corrected chi connectivity index (χ0v) is 11.3. The number of carbonyl (C=O) groups is 1. The van der Waals surface area contributed by atoms with Crippen molar-refractivity contribution < 1.29 is 13.9 Å². The summed E-state index contributed by atoms with van der Waals surface area (Å²) in [6.07, 6.45) is 4.99. The topological polar surface area (TPSA) is 51.5 Å². The molecular weight excluding hydrogens is 230 g/mol. The highest BCUT2D eigenvalue weighted by Gasteiger charge is 2.05. The van der Waals surface area contributed by atoms with Gasteiger partial charge in [-0.1, -0.05) is 0 Å². The van der Waals surface area contributed by atoms with Crippen LogP contribution in [0.4, 0.5) is 0 Å². The number of hydrogen-bond acceptors (Lipinski definition) is 4. The largest absolute Gasteiger partial charge is 0.469 e. The van der Waals surface area contributed by atoms with E-state index in [1.807, 2.05) is 19.1 Å². The molecule has 1 N–H and O–H groups in total. The molecule has 0 amide bonds. The average Bonchev–Trinajstić information content (AvgIpc) is 2.85. The predicted octanol–water partition coefficient (Wildman–Crippen LogP) is 2.53. The maximum absolute atomic E-state index is 11.1. The van der Waals surface area contributed by atoms with Crippen molar-refractivity contribution in [2.45, 2.75) is 45.6 Å². The highest BCUT2D eigenvalue weighted by molar-refractivity contribution is 5.69. The van der Waals surface area contributed by atoms with Crippen LogP contribution in [0.1, 0.15) is 38.9 Å². The summed E-state index contributed by atoms with van der Waals surface area (Å²) >= 11 is 0. The molecule has 0 saturated heterocycles. The van der Waals surface area contributed by atoms with Gasteiger partial charge < -0.3 is 14.5 Å². The van der Waals surface area contributed by atoms with E-state index in [-0.39, 0.29) is 5.97 Å². The summed E-state index contributed by atoms with van der Waals surface area (Å²) in [4.78, 5) is 11.1. The van der Waals surface area contributed by atoms with E-state index in [1.54, 1.807) is 6.26 Å². The van der Waals surface area contributed by atoms with Gasteiger partial charge in [-0.2, -0.15) is 0 Å². The summed E-state index contributed by atoms with van der Waals surface area (Å²) in [7, 11) is 0. The van der Waals surface area contributed by atoms with Gasteiger partial charge in [0.15, 0.2) is 0 Å². The maximum atomic E-state index is 11.1. The number of furan rings is 1. The molecule has 0 aliphatic carbocycles. The fourth-order valence-corrected chi connectivity index (χ4v) is 1.73. The molecule has 1 aromatic rings. The summed E-state index contributed by atoms with van der Waals surface area (Å²) in [5, 5.41) is 3.39. The van der Waals surface area contributed by atoms with Crippen LogP contribution in [0.3, 0.4) is 0 Å². The van der Waals surface area contributed by atoms with Crippen LogP contribution in [0.15, 0.2) is 22.8 Å². The Morgan fingerprint density at radius 2 is 2.39 bits per heavy atom. The first-order chi connectivity index (χ1) is 8.72. The minimum absolute atomic E-state index is 0.109. The van der Waals surface area contributed by atoms with Gasteiger partial charge in [0.2, 0.25) is 0 Å². The normalized spacial score (nSPS) is 12.3. The summed E-state index contributed by atoms with van der Waals surface area (Å²) in [5.74, 6) is 0.915. The second-order valence-corrected chi connectivity index (χ2v) is 4.38. The second-order valence-electron chi connectivity index (χ2n) is 4.38. The van der Waals surface area contributed by atoms with Crippen molar-refractivity contribution in [3.05, 3.63) is 24.2 Å². The van der Waals surface area contributed by atoms with Crippen LogP contribution >= 0.6 is 0 Å². The molecule has 0 aromatic carbocycles. The summed E-state index contributed by atoms with van der Waals surface area (Å²) in [5.41, 5.74) is 0. The lowest BCUT2D eigenvalue weighted by Gasteiger charge is -2.12. The van der Waals surface area contributed by atoms with E-state index in [9.17, 15) is 4.79 Å². The van der Waals surface area contributed by atoms with Crippen molar-refractivity contribution in [1.29, 1.82) is 0 Å². The average molecular weight is 253 g/mol. The van der Waals surface area contributed by atoms with Gasteiger partial charge in [-0.3, -0.25) is 4.79 Å². The van der Waals surface area contributed by atoms with E-state index in [0.29, 0.717) is 19.1 Å². The molecule has 1 rings (SSSR count). The zero-order valence-electron chi connectivity index (χ0n) is 11.3. The molecular formula is C14H23NO3. The molecule has 1 heterocycles. The van der Waals surface area contributed by atoms with Crippen molar-refractivity contribution >= 4 is 5.97 Å². The molecule has 0 saturated carbocycles. The molecule has 0 spiro atoms. The summed E-state index contributed by atoms with van der Waals surface area (Å²) < 4.78 is 10.1. The number of hydrogen-bond donors (Lipinski definition) is 1. The number of ether oxygens (including phenoxy) is 1. The van der Waals surface area contributed by atoms with E-state index in [1.165, 1.54) is 0 Å². The third-order valence-electron chi connectivity index (χ3n) is 2.76. The Morgan fingerprint density at radius 3 is 3.06 bits per heavy atom. The monoisotopic (exact) mass is 253 g/mol. The third-order valence-corrected chi connectivity index (χ3v) is 2.76. The molecule has 18 heavy (non-hydrogen) atoms. The second kappa shape index (κ2) is 8.75. The van der Waals surface area contributed by atoms with Crippen LogP contribution in [0.25, 0.3) is 0 Å². The first-order valence-corrected chi connectivity index (χ1v) is 6.63. The highest BCUT2D eigenvalue weighted by atomic mass is 16.5. The van der Waals surface area contributed by atoms with Gasteiger partial charge in [-0.05, 0) is 45.4 Å². The highest BCUT2D eigenvalue weighted by Crippen LogP contribution is 2.05. The van der Waals surface area contributed by atoms with Crippen LogP contribution in [0.2, 0.25) is 0 Å². The Kier molecular flexibility index (Phi) is 7.18. The van der Waals surface area contributed by atoms with Gasteiger partial charge >= 0.3 is 5.97 Å². The Bertz CT molecular complexity index is 322. The lowest BCUT2D eigenvalue weighted by atomic mass is 10.1. The Labute approximate surface area is 109 Å². The van der Waals surface area contributed by atoms with Crippen LogP contribution in [0.5, 0.6) is 0 Å². The zero-order chi connectivity index (χ0) is 13.2. The SMILES string of the molecule is CCOC(=O)CCCNC(C)CCc1ccco1. The van der Waals surface area contributed by atoms with E-state index in [0.717, 1.165) is 31.6 Å². The van der Waals surface area contributed by atoms with Crippen molar-refractivity contribution in [3.8, 4) is 0 Å². The van der Waals surface area contributed by atoms with E-state index in [4.69, 9.17) is 9.15 Å². The van der Waals surface area contributed by atoms with Crippen LogP contribution in [0, 0.1) is 0 Å². The number of carbonyl (C=O) groups excluding carboxylic acids is 1. The molecule has 0 bridgehead atoms. The lowest BCUT2D eigenvalue weighted by Crippen LogP contribution is -2.27. The van der Waals surface area contributed by atoms with Gasteiger partial charge in [0.25, 0.3) is 0 Å². The first-order valence-electron chi connectivity index (χ1n) is 6.63. The van der Waals surface area contributed by atoms with Crippen molar-refractivity contribution in [2.24, 2.45) is 0 Å². The quantitative estimate of drug-likeness (QED) is 0.543. The summed E-state index contributed by atoms with van der Waals surface area (Å²) in [6, 6.07) is 4.33. The van der Waals surface area contributed by atoms with Gasteiger partial charge in [0.1, 0.15) is 5.76 Å².